The third-order valence-electron chi connectivity index (χ3n) is 5.42. The van der Waals surface area contributed by atoms with Gasteiger partial charge < -0.3 is 10.1 Å². The normalized spacial score (nSPS) is 13.6. The van der Waals surface area contributed by atoms with Crippen LogP contribution in [0.15, 0.2) is 42.1 Å². The quantitative estimate of drug-likeness (QED) is 0.319. The maximum Gasteiger partial charge on any atom is 0.235 e. The summed E-state index contributed by atoms with van der Waals surface area (Å²) in [5.41, 5.74) is 1.69. The molecule has 1 atom stereocenters. The number of allylic oxidation sites excluding steroid dienone is 1. The largest absolute Gasteiger partial charge is 0.483 e. The summed E-state index contributed by atoms with van der Waals surface area (Å²) in [4.78, 5) is 13.9. The number of ether oxygens (including phenoxy) is 1. The number of fused-ring (bicyclic) bond motifs is 1. The van der Waals surface area contributed by atoms with E-state index in [0.717, 1.165) is 31.2 Å². The van der Waals surface area contributed by atoms with Crippen molar-refractivity contribution in [1.82, 2.24) is 14.8 Å². The van der Waals surface area contributed by atoms with E-state index in [4.69, 9.17) is 4.74 Å². The van der Waals surface area contributed by atoms with Crippen LogP contribution in [0.4, 0.5) is 9.39 Å². The number of thiophene rings is 1. The Morgan fingerprint density at radius 1 is 1.38 bits per heavy atom. The Morgan fingerprint density at radius 3 is 2.88 bits per heavy atom. The van der Waals surface area contributed by atoms with Gasteiger partial charge in [-0.2, -0.15) is 5.26 Å². The third-order valence-corrected chi connectivity index (χ3v) is 7.59. The molecule has 1 aliphatic rings. The van der Waals surface area contributed by atoms with E-state index in [9.17, 15) is 14.4 Å². The number of aromatic nitrogens is 3. The molecule has 1 unspecified atom stereocenters. The summed E-state index contributed by atoms with van der Waals surface area (Å²) < 4.78 is 20.9. The predicted molar refractivity (Wildman–Crippen MR) is 131 cm³/mol. The Hall–Kier alpha value is -3.16. The maximum atomic E-state index is 13.2. The van der Waals surface area contributed by atoms with Crippen molar-refractivity contribution in [2.45, 2.75) is 50.4 Å². The van der Waals surface area contributed by atoms with Gasteiger partial charge in [0.15, 0.2) is 17.1 Å². The molecule has 4 rings (SSSR count). The zero-order chi connectivity index (χ0) is 24.1. The summed E-state index contributed by atoms with van der Waals surface area (Å²) in [7, 11) is 0. The molecule has 1 N–H and O–H groups in total. The van der Waals surface area contributed by atoms with E-state index in [2.05, 4.69) is 28.2 Å². The number of hydrogen-bond acceptors (Lipinski definition) is 7. The van der Waals surface area contributed by atoms with E-state index in [-0.39, 0.29) is 17.5 Å². The molecule has 2 aromatic heterocycles. The number of nitrogens with zero attached hydrogens (tertiary/aromatic N) is 4. The number of hydrogen-bond donors (Lipinski definition) is 1. The van der Waals surface area contributed by atoms with Crippen molar-refractivity contribution < 1.29 is 13.9 Å². The lowest BCUT2D eigenvalue weighted by Gasteiger charge is -2.15. The molecule has 0 fully saturated rings. The van der Waals surface area contributed by atoms with Gasteiger partial charge in [0.05, 0.1) is 11.3 Å². The molecule has 1 aromatic carbocycles. The van der Waals surface area contributed by atoms with Crippen molar-refractivity contribution in [1.29, 1.82) is 5.26 Å². The molecule has 34 heavy (non-hydrogen) atoms. The summed E-state index contributed by atoms with van der Waals surface area (Å²) in [6, 6.07) is 8.03. The van der Waals surface area contributed by atoms with Gasteiger partial charge in [-0.15, -0.1) is 28.1 Å². The molecule has 0 radical (unpaired) electrons. The Labute approximate surface area is 205 Å². The molecular formula is C24H24FN5O2S2. The van der Waals surface area contributed by atoms with Crippen LogP contribution in [0.2, 0.25) is 0 Å². The molecule has 0 bridgehead atoms. The Bertz CT molecular complexity index is 1230. The molecule has 3 aromatic rings. The number of aryl methyl sites for hydroxylation is 1. The zero-order valence-electron chi connectivity index (χ0n) is 18.7. The van der Waals surface area contributed by atoms with Gasteiger partial charge in [0.1, 0.15) is 22.6 Å². The van der Waals surface area contributed by atoms with Gasteiger partial charge in [-0.25, -0.2) is 4.39 Å². The van der Waals surface area contributed by atoms with Crippen molar-refractivity contribution in [3.63, 3.8) is 0 Å². The minimum atomic E-state index is -0.447. The van der Waals surface area contributed by atoms with Crippen LogP contribution < -0.4 is 10.1 Å². The summed E-state index contributed by atoms with van der Waals surface area (Å²) in [6.07, 6.45) is 5.32. The second-order valence-electron chi connectivity index (χ2n) is 7.82. The van der Waals surface area contributed by atoms with E-state index < -0.39 is 6.10 Å². The lowest BCUT2D eigenvalue weighted by atomic mass is 9.96. The Morgan fingerprint density at radius 2 is 2.15 bits per heavy atom. The number of halogens is 1. The summed E-state index contributed by atoms with van der Waals surface area (Å²) in [5, 5.41) is 22.2. The minimum Gasteiger partial charge on any atom is -0.483 e. The third kappa shape index (κ3) is 5.32. The van der Waals surface area contributed by atoms with E-state index in [0.29, 0.717) is 33.8 Å². The van der Waals surface area contributed by atoms with Gasteiger partial charge in [0, 0.05) is 11.4 Å². The van der Waals surface area contributed by atoms with Crippen molar-refractivity contribution in [2.24, 2.45) is 0 Å². The first-order chi connectivity index (χ1) is 16.5. The smallest absolute Gasteiger partial charge is 0.235 e. The van der Waals surface area contributed by atoms with Crippen LogP contribution in [0.25, 0.3) is 0 Å². The highest BCUT2D eigenvalue weighted by Gasteiger charge is 2.23. The van der Waals surface area contributed by atoms with Crippen LogP contribution in [0, 0.1) is 17.1 Å². The highest BCUT2D eigenvalue weighted by Crippen LogP contribution is 2.37. The number of thioether (sulfide) groups is 1. The minimum absolute atomic E-state index is 0.121. The van der Waals surface area contributed by atoms with Crippen LogP contribution >= 0.6 is 23.1 Å². The first-order valence-corrected chi connectivity index (χ1v) is 12.7. The van der Waals surface area contributed by atoms with Crippen LogP contribution in [-0.2, 0) is 24.2 Å². The number of nitrogens with one attached hydrogen (secondary N) is 1. The first-order valence-electron chi connectivity index (χ1n) is 10.9. The van der Waals surface area contributed by atoms with Gasteiger partial charge in [-0.1, -0.05) is 17.8 Å². The number of carbonyl (C=O) groups is 1. The Kier molecular flexibility index (Phi) is 7.65. The maximum absolute atomic E-state index is 13.2. The molecule has 0 aliphatic heterocycles. The van der Waals surface area contributed by atoms with Gasteiger partial charge in [-0.3, -0.25) is 9.36 Å². The van der Waals surface area contributed by atoms with Crippen molar-refractivity contribution in [2.75, 3.05) is 11.1 Å². The van der Waals surface area contributed by atoms with E-state index in [1.807, 2.05) is 11.5 Å². The molecule has 7 nitrogen and oxygen atoms in total. The second-order valence-corrected chi connectivity index (χ2v) is 9.87. The molecule has 0 saturated carbocycles. The fourth-order valence-corrected chi connectivity index (χ4v) is 5.85. The van der Waals surface area contributed by atoms with Crippen LogP contribution in [0.1, 0.15) is 47.7 Å². The SMILES string of the molecule is C=CCn1c(SCC(=O)Nc2sc3c(c2C#N)CCCC3)nnc1C(C)Oc1ccc(F)cc1. The molecule has 0 spiro atoms. The zero-order valence-corrected chi connectivity index (χ0v) is 20.3. The average molecular weight is 498 g/mol. The number of rotatable bonds is 9. The molecule has 1 amide bonds. The van der Waals surface area contributed by atoms with Crippen LogP contribution in [0.3, 0.4) is 0 Å². The van der Waals surface area contributed by atoms with Crippen molar-refractivity contribution in [3.8, 4) is 11.8 Å². The summed E-state index contributed by atoms with van der Waals surface area (Å²) in [6.45, 7) is 6.07. The molecule has 1 aliphatic carbocycles. The van der Waals surface area contributed by atoms with E-state index in [1.54, 1.807) is 18.2 Å². The number of amides is 1. The highest BCUT2D eigenvalue weighted by molar-refractivity contribution is 7.99. The highest BCUT2D eigenvalue weighted by atomic mass is 32.2. The van der Waals surface area contributed by atoms with Gasteiger partial charge in [-0.05, 0) is 62.4 Å². The van der Waals surface area contributed by atoms with E-state index >= 15 is 0 Å². The van der Waals surface area contributed by atoms with Crippen molar-refractivity contribution >= 4 is 34.0 Å². The molecule has 10 heteroatoms. The summed E-state index contributed by atoms with van der Waals surface area (Å²) >= 11 is 2.76. The predicted octanol–water partition coefficient (Wildman–Crippen LogP) is 5.29. The second kappa shape index (κ2) is 10.8. The number of nitriles is 1. The fraction of sp³-hybridized carbons (Fsp3) is 0.333. The lowest BCUT2D eigenvalue weighted by Crippen LogP contribution is -2.15. The number of carbonyl (C=O) groups excluding carboxylic acids is 1. The average Bonchev–Trinajstić information content (AvgIpc) is 3.39. The Balaban J connectivity index is 1.43. The van der Waals surface area contributed by atoms with Crippen molar-refractivity contribution in [3.05, 3.63) is 64.6 Å². The molecule has 0 saturated heterocycles. The summed E-state index contributed by atoms with van der Waals surface area (Å²) in [5.74, 6) is 0.671. The number of anilines is 1. The van der Waals surface area contributed by atoms with Gasteiger partial charge in [0.25, 0.3) is 0 Å². The fourth-order valence-electron chi connectivity index (χ4n) is 3.84. The van der Waals surface area contributed by atoms with Gasteiger partial charge >= 0.3 is 0 Å². The van der Waals surface area contributed by atoms with Gasteiger partial charge in [0.2, 0.25) is 5.91 Å². The topological polar surface area (TPSA) is 92.8 Å². The first kappa shape index (κ1) is 24.0. The molecular weight excluding hydrogens is 473 g/mol. The van der Waals surface area contributed by atoms with Crippen LogP contribution in [0.5, 0.6) is 5.75 Å². The molecule has 2 heterocycles. The van der Waals surface area contributed by atoms with Crippen LogP contribution in [-0.4, -0.2) is 26.4 Å². The lowest BCUT2D eigenvalue weighted by molar-refractivity contribution is -0.113. The van der Waals surface area contributed by atoms with E-state index in [1.165, 1.54) is 40.1 Å². The number of benzene rings is 1. The standard InChI is InChI=1S/C24H24FN5O2S2/c1-3-12-30-22(15(2)32-17-10-8-16(25)9-11-17)28-29-24(30)33-14-21(31)27-23-19(13-26)18-6-4-5-7-20(18)34-23/h3,8-11,15H,1,4-7,12,14H2,2H3,(H,27,31). The monoisotopic (exact) mass is 497 g/mol. The molecule has 176 valence electrons.